The molecule has 0 aliphatic carbocycles. The lowest BCUT2D eigenvalue weighted by molar-refractivity contribution is -0.142. The van der Waals surface area contributed by atoms with Gasteiger partial charge in [-0.3, -0.25) is 0 Å². The van der Waals surface area contributed by atoms with Gasteiger partial charge in [0, 0.05) is 0 Å². The first-order valence-electron chi connectivity index (χ1n) is 4.63. The molecule has 0 atom stereocenters. The number of nitrogens with zero attached hydrogens (tertiary/aromatic N) is 2. The number of hydrogen-bond donors (Lipinski definition) is 1. The Morgan fingerprint density at radius 3 is 2.89 bits per heavy atom. The van der Waals surface area contributed by atoms with Crippen molar-refractivity contribution >= 4 is 49.2 Å². The molecule has 9 heteroatoms. The number of carbonyl (C=O) groups is 1. The molecule has 2 aromatic heterocycles. The van der Waals surface area contributed by atoms with Gasteiger partial charge >= 0.3 is 5.97 Å². The average molecular weight is 398 g/mol. The molecule has 0 aliphatic rings. The molecule has 2 aromatic rings. The zero-order chi connectivity index (χ0) is 13.1. The van der Waals surface area contributed by atoms with Crippen molar-refractivity contribution in [3.05, 3.63) is 19.5 Å². The van der Waals surface area contributed by atoms with E-state index in [4.69, 9.17) is 14.3 Å². The first-order valence-corrected chi connectivity index (χ1v) is 7.03. The fraction of sp³-hybridized carbons (Fsp3) is 0.222. The number of hydrogen-bond acceptors (Lipinski definition) is 6. The van der Waals surface area contributed by atoms with Crippen LogP contribution in [-0.2, 0) is 16.1 Å². The van der Waals surface area contributed by atoms with Crippen LogP contribution < -0.4 is 0 Å². The summed E-state index contributed by atoms with van der Waals surface area (Å²) in [5.74, 6) is -0.447. The number of aliphatic carboxylic acids is 1. The third kappa shape index (κ3) is 3.37. The number of thiophene rings is 1. The second-order valence-electron chi connectivity index (χ2n) is 3.13. The highest BCUT2D eigenvalue weighted by Gasteiger charge is 2.14. The van der Waals surface area contributed by atoms with E-state index in [1.54, 1.807) is 0 Å². The normalized spacial score (nSPS) is 10.8. The average Bonchev–Trinajstić information content (AvgIpc) is 2.85. The number of carboxylic acids is 1. The zero-order valence-corrected chi connectivity index (χ0v) is 12.7. The van der Waals surface area contributed by atoms with Crippen molar-refractivity contribution in [3.8, 4) is 11.5 Å². The second kappa shape index (κ2) is 5.91. The van der Waals surface area contributed by atoms with Crippen molar-refractivity contribution in [2.75, 3.05) is 6.61 Å². The number of rotatable bonds is 5. The predicted octanol–water partition coefficient (Wildman–Crippen LogP) is 2.92. The van der Waals surface area contributed by atoms with Crippen molar-refractivity contribution < 1.29 is 19.1 Å². The van der Waals surface area contributed by atoms with Crippen molar-refractivity contribution in [2.45, 2.75) is 6.61 Å². The second-order valence-corrected chi connectivity index (χ2v) is 6.87. The number of aromatic nitrogens is 2. The molecule has 0 bridgehead atoms. The number of carboxylic acid groups (broad SMARTS) is 1. The van der Waals surface area contributed by atoms with Gasteiger partial charge in [0.2, 0.25) is 11.8 Å². The van der Waals surface area contributed by atoms with Gasteiger partial charge < -0.3 is 14.3 Å². The van der Waals surface area contributed by atoms with Gasteiger partial charge in [-0.15, -0.1) is 21.5 Å². The smallest absolute Gasteiger partial charge is 0.329 e. The third-order valence-corrected chi connectivity index (χ3v) is 4.14. The molecule has 0 amide bonds. The minimum atomic E-state index is -1.04. The molecule has 0 aromatic carbocycles. The van der Waals surface area contributed by atoms with E-state index < -0.39 is 12.6 Å². The largest absolute Gasteiger partial charge is 0.480 e. The fourth-order valence-electron chi connectivity index (χ4n) is 1.13. The minimum absolute atomic E-state index is 0.0256. The van der Waals surface area contributed by atoms with Gasteiger partial charge in [0.15, 0.2) is 0 Å². The highest BCUT2D eigenvalue weighted by atomic mass is 79.9. The molecule has 0 radical (unpaired) electrons. The Hall–Kier alpha value is -0.770. The van der Waals surface area contributed by atoms with Crippen LogP contribution in [0.3, 0.4) is 0 Å². The SMILES string of the molecule is O=C(O)COCc1nnc(-c2cc(Br)sc2Br)o1. The van der Waals surface area contributed by atoms with E-state index in [-0.39, 0.29) is 12.5 Å². The Morgan fingerprint density at radius 1 is 1.50 bits per heavy atom. The van der Waals surface area contributed by atoms with Crippen molar-refractivity contribution in [3.63, 3.8) is 0 Å². The molecule has 0 saturated carbocycles. The highest BCUT2D eigenvalue weighted by Crippen LogP contribution is 2.37. The summed E-state index contributed by atoms with van der Waals surface area (Å²) in [4.78, 5) is 10.3. The van der Waals surface area contributed by atoms with E-state index in [2.05, 4.69) is 42.1 Å². The van der Waals surface area contributed by atoms with Gasteiger partial charge in [0.05, 0.1) is 13.1 Å². The van der Waals surface area contributed by atoms with Crippen LogP contribution in [0.5, 0.6) is 0 Å². The van der Waals surface area contributed by atoms with Crippen LogP contribution in [0.25, 0.3) is 11.5 Å². The topological polar surface area (TPSA) is 85.5 Å². The molecule has 0 spiro atoms. The van der Waals surface area contributed by atoms with E-state index in [1.165, 1.54) is 11.3 Å². The molecular weight excluding hydrogens is 392 g/mol. The van der Waals surface area contributed by atoms with Crippen LogP contribution in [0, 0.1) is 0 Å². The summed E-state index contributed by atoms with van der Waals surface area (Å²) < 4.78 is 12.0. The molecule has 0 aliphatic heterocycles. The predicted molar refractivity (Wildman–Crippen MR) is 70.3 cm³/mol. The summed E-state index contributed by atoms with van der Waals surface area (Å²) in [6, 6.07) is 1.85. The van der Waals surface area contributed by atoms with Crippen LogP contribution in [0.1, 0.15) is 5.89 Å². The van der Waals surface area contributed by atoms with Crippen LogP contribution >= 0.6 is 43.2 Å². The van der Waals surface area contributed by atoms with Gasteiger partial charge in [0.25, 0.3) is 0 Å². The fourth-order valence-corrected chi connectivity index (χ4v) is 3.91. The zero-order valence-electron chi connectivity index (χ0n) is 8.72. The van der Waals surface area contributed by atoms with Gasteiger partial charge in [-0.05, 0) is 37.9 Å². The van der Waals surface area contributed by atoms with Crippen LogP contribution in [-0.4, -0.2) is 27.9 Å². The molecule has 2 heterocycles. The summed E-state index contributed by atoms with van der Waals surface area (Å²) in [6.45, 7) is -0.423. The van der Waals surface area contributed by atoms with Crippen LogP contribution in [0.2, 0.25) is 0 Å². The Kier molecular flexibility index (Phi) is 4.49. The maximum absolute atomic E-state index is 10.3. The quantitative estimate of drug-likeness (QED) is 0.834. The van der Waals surface area contributed by atoms with E-state index in [9.17, 15) is 4.79 Å². The molecule has 0 fully saturated rings. The Bertz CT molecular complexity index is 569. The summed E-state index contributed by atoms with van der Waals surface area (Å²) in [5.41, 5.74) is 0.781. The maximum Gasteiger partial charge on any atom is 0.329 e. The maximum atomic E-state index is 10.3. The van der Waals surface area contributed by atoms with Crippen LogP contribution in [0.4, 0.5) is 0 Å². The summed E-state index contributed by atoms with van der Waals surface area (Å²) in [6.07, 6.45) is 0. The summed E-state index contributed by atoms with van der Waals surface area (Å²) in [5, 5.41) is 16.1. The highest BCUT2D eigenvalue weighted by molar-refractivity contribution is 9.12. The van der Waals surface area contributed by atoms with Crippen molar-refractivity contribution in [2.24, 2.45) is 0 Å². The van der Waals surface area contributed by atoms with E-state index >= 15 is 0 Å². The van der Waals surface area contributed by atoms with E-state index in [1.807, 2.05) is 6.07 Å². The van der Waals surface area contributed by atoms with Gasteiger partial charge in [0.1, 0.15) is 13.2 Å². The molecule has 0 unspecified atom stereocenters. The van der Waals surface area contributed by atoms with E-state index in [0.717, 1.165) is 13.1 Å². The van der Waals surface area contributed by atoms with Gasteiger partial charge in [-0.1, -0.05) is 0 Å². The molecule has 18 heavy (non-hydrogen) atoms. The van der Waals surface area contributed by atoms with Gasteiger partial charge in [-0.2, -0.15) is 0 Å². The summed E-state index contributed by atoms with van der Waals surface area (Å²) >= 11 is 8.23. The first kappa shape index (κ1) is 13.7. The summed E-state index contributed by atoms with van der Waals surface area (Å²) in [7, 11) is 0. The number of ether oxygens (including phenoxy) is 1. The van der Waals surface area contributed by atoms with Crippen molar-refractivity contribution in [1.29, 1.82) is 0 Å². The Labute approximate surface area is 122 Å². The van der Waals surface area contributed by atoms with Crippen molar-refractivity contribution in [1.82, 2.24) is 10.2 Å². The standard InChI is InChI=1S/C9H6Br2N2O4S/c10-5-1-4(8(11)18-5)9-13-12-6(17-9)2-16-3-7(14)15/h1H,2-3H2,(H,14,15). The molecule has 2 rings (SSSR count). The molecule has 1 N–H and O–H groups in total. The third-order valence-electron chi connectivity index (χ3n) is 1.81. The monoisotopic (exact) mass is 396 g/mol. The lowest BCUT2D eigenvalue weighted by Gasteiger charge is -1.95. The lowest BCUT2D eigenvalue weighted by Crippen LogP contribution is -2.06. The molecule has 96 valence electrons. The lowest BCUT2D eigenvalue weighted by atomic mass is 10.3. The minimum Gasteiger partial charge on any atom is -0.480 e. The molecule has 0 saturated heterocycles. The molecular formula is C9H6Br2N2O4S. The molecule has 6 nitrogen and oxygen atoms in total. The van der Waals surface area contributed by atoms with E-state index in [0.29, 0.717) is 5.89 Å². The van der Waals surface area contributed by atoms with Crippen LogP contribution in [0.15, 0.2) is 18.1 Å². The first-order chi connectivity index (χ1) is 8.56. The van der Waals surface area contributed by atoms with Gasteiger partial charge in [-0.25, -0.2) is 4.79 Å². The Morgan fingerprint density at radius 2 is 2.28 bits per heavy atom. The Balaban J connectivity index is 2.06. The number of halogens is 2.